The maximum atomic E-state index is 12.0. The van der Waals surface area contributed by atoms with E-state index in [4.69, 9.17) is 5.11 Å². The summed E-state index contributed by atoms with van der Waals surface area (Å²) in [5, 5.41) is 8.98. The highest BCUT2D eigenvalue weighted by molar-refractivity contribution is 5.99. The fraction of sp³-hybridized carbons (Fsp3) is 0.222. The molecule has 0 bridgehead atoms. The molecule has 2 aromatic carbocycles. The largest absolute Gasteiger partial charge is 0.481 e. The fourth-order valence-corrected chi connectivity index (χ4v) is 2.51. The van der Waals surface area contributed by atoms with E-state index in [2.05, 4.69) is 0 Å². The molecule has 1 aliphatic carbocycles. The summed E-state index contributed by atoms with van der Waals surface area (Å²) in [7, 11) is 0. The van der Waals surface area contributed by atoms with Gasteiger partial charge in [0.2, 0.25) is 0 Å². The van der Waals surface area contributed by atoms with Gasteiger partial charge in [-0.2, -0.15) is 0 Å². The minimum absolute atomic E-state index is 0.00106. The number of carbonyl (C=O) groups excluding carboxylic acids is 1. The number of rotatable bonds is 5. The van der Waals surface area contributed by atoms with Gasteiger partial charge >= 0.3 is 5.97 Å². The molecule has 3 nitrogen and oxygen atoms in total. The first kappa shape index (κ1) is 13.6. The summed E-state index contributed by atoms with van der Waals surface area (Å²) in [5.41, 5.74) is 3.38. The lowest BCUT2D eigenvalue weighted by molar-refractivity contribution is -0.136. The molecular weight excluding hydrogens is 264 g/mol. The van der Waals surface area contributed by atoms with Crippen molar-refractivity contribution >= 4 is 11.8 Å². The molecule has 1 saturated carbocycles. The molecule has 0 aliphatic heterocycles. The minimum Gasteiger partial charge on any atom is -0.481 e. The van der Waals surface area contributed by atoms with Crippen molar-refractivity contribution in [2.24, 2.45) is 5.92 Å². The Morgan fingerprint density at radius 2 is 1.67 bits per heavy atom. The maximum absolute atomic E-state index is 12.0. The molecule has 0 radical (unpaired) electrons. The number of Topliss-reactive ketones (excluding diaryl/α,β-unsaturated/α-hetero) is 1. The minimum atomic E-state index is -0.844. The van der Waals surface area contributed by atoms with E-state index in [1.54, 1.807) is 0 Å². The molecule has 0 aromatic heterocycles. The van der Waals surface area contributed by atoms with E-state index in [-0.39, 0.29) is 18.1 Å². The number of carboxylic acid groups (broad SMARTS) is 1. The van der Waals surface area contributed by atoms with Gasteiger partial charge in [0.25, 0.3) is 0 Å². The second-order valence-corrected chi connectivity index (χ2v) is 5.44. The zero-order valence-corrected chi connectivity index (χ0v) is 11.6. The van der Waals surface area contributed by atoms with Crippen molar-refractivity contribution in [2.45, 2.75) is 19.3 Å². The molecule has 3 heteroatoms. The molecule has 21 heavy (non-hydrogen) atoms. The highest BCUT2D eigenvalue weighted by Crippen LogP contribution is 2.33. The van der Waals surface area contributed by atoms with Crippen LogP contribution >= 0.6 is 0 Å². The Hall–Kier alpha value is -2.42. The molecule has 1 fully saturated rings. The van der Waals surface area contributed by atoms with Gasteiger partial charge in [-0.3, -0.25) is 9.59 Å². The van der Waals surface area contributed by atoms with Crippen LogP contribution in [0.15, 0.2) is 48.5 Å². The molecule has 1 N–H and O–H groups in total. The molecule has 0 heterocycles. The molecule has 0 atom stereocenters. The predicted molar refractivity (Wildman–Crippen MR) is 80.3 cm³/mol. The molecule has 0 unspecified atom stereocenters. The van der Waals surface area contributed by atoms with Crippen LogP contribution in [-0.4, -0.2) is 16.9 Å². The SMILES string of the molecule is O=C(O)Cc1ccccc1-c1ccc(C(=O)C2CC2)cc1. The summed E-state index contributed by atoms with van der Waals surface area (Å²) in [6, 6.07) is 15.0. The Bertz CT molecular complexity index is 682. The summed E-state index contributed by atoms with van der Waals surface area (Å²) in [4.78, 5) is 22.9. The van der Waals surface area contributed by atoms with E-state index in [1.165, 1.54) is 0 Å². The van der Waals surface area contributed by atoms with Crippen molar-refractivity contribution in [3.8, 4) is 11.1 Å². The van der Waals surface area contributed by atoms with Gasteiger partial charge in [0.1, 0.15) is 0 Å². The van der Waals surface area contributed by atoms with Gasteiger partial charge in [-0.05, 0) is 29.5 Å². The lowest BCUT2D eigenvalue weighted by Crippen LogP contribution is -2.02. The number of aliphatic carboxylic acids is 1. The van der Waals surface area contributed by atoms with Gasteiger partial charge < -0.3 is 5.11 Å². The maximum Gasteiger partial charge on any atom is 0.307 e. The first-order valence-corrected chi connectivity index (χ1v) is 7.09. The van der Waals surface area contributed by atoms with Crippen molar-refractivity contribution < 1.29 is 14.7 Å². The first-order valence-electron chi connectivity index (χ1n) is 7.09. The number of carbonyl (C=O) groups is 2. The number of ketones is 1. The molecule has 0 amide bonds. The van der Waals surface area contributed by atoms with Crippen LogP contribution in [0, 0.1) is 5.92 Å². The fourth-order valence-electron chi connectivity index (χ4n) is 2.51. The Kier molecular flexibility index (Phi) is 3.57. The second-order valence-electron chi connectivity index (χ2n) is 5.44. The average Bonchev–Trinajstić information content (AvgIpc) is 3.31. The monoisotopic (exact) mass is 280 g/mol. The number of hydrogen-bond donors (Lipinski definition) is 1. The molecule has 106 valence electrons. The van der Waals surface area contributed by atoms with Crippen LogP contribution in [-0.2, 0) is 11.2 Å². The van der Waals surface area contributed by atoms with Crippen molar-refractivity contribution in [2.75, 3.05) is 0 Å². The van der Waals surface area contributed by atoms with E-state index in [1.807, 2.05) is 48.5 Å². The van der Waals surface area contributed by atoms with Crippen LogP contribution in [0.4, 0.5) is 0 Å². The predicted octanol–water partition coefficient (Wildman–Crippen LogP) is 3.57. The highest BCUT2D eigenvalue weighted by Gasteiger charge is 2.30. The van der Waals surface area contributed by atoms with Crippen molar-refractivity contribution in [3.05, 3.63) is 59.7 Å². The van der Waals surface area contributed by atoms with Gasteiger partial charge in [-0.1, -0.05) is 48.5 Å². The third-order valence-electron chi connectivity index (χ3n) is 3.79. The summed E-state index contributed by atoms with van der Waals surface area (Å²) in [5.74, 6) is -0.404. The zero-order valence-electron chi connectivity index (χ0n) is 11.6. The van der Waals surface area contributed by atoms with Crippen molar-refractivity contribution in [3.63, 3.8) is 0 Å². The molecule has 2 aromatic rings. The zero-order chi connectivity index (χ0) is 14.8. The number of hydrogen-bond acceptors (Lipinski definition) is 2. The molecular formula is C18H16O3. The Morgan fingerprint density at radius 1 is 1.00 bits per heavy atom. The molecule has 0 spiro atoms. The van der Waals surface area contributed by atoms with E-state index in [0.29, 0.717) is 0 Å². The van der Waals surface area contributed by atoms with Crippen LogP contribution in [0.5, 0.6) is 0 Å². The number of carboxylic acids is 1. The van der Waals surface area contributed by atoms with E-state index in [9.17, 15) is 9.59 Å². The van der Waals surface area contributed by atoms with Gasteiger partial charge in [-0.15, -0.1) is 0 Å². The van der Waals surface area contributed by atoms with Gasteiger partial charge in [0.15, 0.2) is 5.78 Å². The third-order valence-corrected chi connectivity index (χ3v) is 3.79. The Morgan fingerprint density at radius 3 is 2.29 bits per heavy atom. The smallest absolute Gasteiger partial charge is 0.307 e. The topological polar surface area (TPSA) is 54.4 Å². The highest BCUT2D eigenvalue weighted by atomic mass is 16.4. The average molecular weight is 280 g/mol. The lowest BCUT2D eigenvalue weighted by Gasteiger charge is -2.08. The van der Waals surface area contributed by atoms with Crippen LogP contribution in [0.1, 0.15) is 28.8 Å². The Labute approximate surface area is 123 Å². The number of benzene rings is 2. The van der Waals surface area contributed by atoms with Crippen LogP contribution in [0.2, 0.25) is 0 Å². The van der Waals surface area contributed by atoms with Crippen LogP contribution in [0.25, 0.3) is 11.1 Å². The summed E-state index contributed by atoms with van der Waals surface area (Å²) in [6.45, 7) is 0. The summed E-state index contributed by atoms with van der Waals surface area (Å²) >= 11 is 0. The van der Waals surface area contributed by atoms with Gasteiger partial charge in [0.05, 0.1) is 6.42 Å². The van der Waals surface area contributed by atoms with E-state index in [0.717, 1.165) is 35.1 Å². The molecule has 1 aliphatic rings. The lowest BCUT2D eigenvalue weighted by atomic mass is 9.96. The quantitative estimate of drug-likeness (QED) is 0.852. The van der Waals surface area contributed by atoms with E-state index < -0.39 is 5.97 Å². The van der Waals surface area contributed by atoms with Crippen molar-refractivity contribution in [1.29, 1.82) is 0 Å². The third kappa shape index (κ3) is 3.02. The first-order chi connectivity index (χ1) is 10.1. The van der Waals surface area contributed by atoms with Crippen LogP contribution in [0.3, 0.4) is 0 Å². The van der Waals surface area contributed by atoms with Gasteiger partial charge in [-0.25, -0.2) is 0 Å². The molecule has 0 saturated heterocycles. The summed E-state index contributed by atoms with van der Waals surface area (Å²) < 4.78 is 0. The van der Waals surface area contributed by atoms with Crippen LogP contribution < -0.4 is 0 Å². The normalized spacial score (nSPS) is 13.9. The van der Waals surface area contributed by atoms with Gasteiger partial charge in [0, 0.05) is 11.5 Å². The standard InChI is InChI=1S/C18H16O3/c19-17(20)11-15-3-1-2-4-16(15)12-5-7-13(8-6-12)18(21)14-9-10-14/h1-8,14H,9-11H2,(H,19,20). The Balaban J connectivity index is 1.90. The summed E-state index contributed by atoms with van der Waals surface area (Å²) in [6.07, 6.45) is 2.00. The molecule has 3 rings (SSSR count). The van der Waals surface area contributed by atoms with E-state index >= 15 is 0 Å². The van der Waals surface area contributed by atoms with Crippen molar-refractivity contribution in [1.82, 2.24) is 0 Å². The second kappa shape index (κ2) is 5.52.